The molecular formula is C15H26NO3PS. The van der Waals surface area contributed by atoms with Gasteiger partial charge in [0.15, 0.2) is 5.50 Å². The molecule has 0 amide bonds. The van der Waals surface area contributed by atoms with Crippen LogP contribution in [-0.4, -0.2) is 49.5 Å². The number of nitrogens with zero attached hydrogens (tertiary/aromatic N) is 1. The molecule has 1 aromatic rings. The number of hydrogen-bond acceptors (Lipinski definition) is 5. The highest BCUT2D eigenvalue weighted by Gasteiger charge is 2.37. The molecule has 4 nitrogen and oxygen atoms in total. The molecule has 0 aromatic carbocycles. The summed E-state index contributed by atoms with van der Waals surface area (Å²) in [6, 6.07) is 3.95. The molecule has 2 rings (SSSR count). The molecule has 1 aliphatic rings. The molecule has 0 saturated carbocycles. The summed E-state index contributed by atoms with van der Waals surface area (Å²) in [5, 5.41) is -0.113. The number of ether oxygens (including phenoxy) is 1. The first-order valence-corrected chi connectivity index (χ1v) is 10.2. The van der Waals surface area contributed by atoms with Crippen LogP contribution in [0.2, 0.25) is 0 Å². The summed E-state index contributed by atoms with van der Waals surface area (Å²) in [6.07, 6.45) is -2.19. The van der Waals surface area contributed by atoms with Crippen LogP contribution >= 0.6 is 6.26 Å². The quantitative estimate of drug-likeness (QED) is 0.775. The fourth-order valence-corrected chi connectivity index (χ4v) is 4.86. The van der Waals surface area contributed by atoms with E-state index in [0.717, 1.165) is 44.1 Å². The second-order valence-electron chi connectivity index (χ2n) is 6.39. The average molecular weight is 331 g/mol. The van der Waals surface area contributed by atoms with Crippen LogP contribution in [0, 0.1) is 6.92 Å². The van der Waals surface area contributed by atoms with Crippen LogP contribution in [0.1, 0.15) is 26.5 Å². The molecule has 0 aliphatic carbocycles. The SMILES string of the molecule is Cc1ccc([P@@](=S)(OCCN2CCOCC2)C(C)(C)C)o1. The Hall–Kier alpha value is -0.190. The number of furan rings is 1. The second-order valence-corrected chi connectivity index (χ2v) is 11.1. The molecule has 0 N–H and O–H groups in total. The van der Waals surface area contributed by atoms with Gasteiger partial charge in [-0.1, -0.05) is 32.6 Å². The van der Waals surface area contributed by atoms with Crippen LogP contribution < -0.4 is 5.50 Å². The Bertz CT molecular complexity index is 503. The number of hydrogen-bond donors (Lipinski definition) is 0. The lowest BCUT2D eigenvalue weighted by Gasteiger charge is -2.34. The Morgan fingerprint density at radius 3 is 2.48 bits per heavy atom. The van der Waals surface area contributed by atoms with Crippen molar-refractivity contribution in [2.75, 3.05) is 39.5 Å². The van der Waals surface area contributed by atoms with Crippen molar-refractivity contribution in [2.24, 2.45) is 0 Å². The molecule has 2 heterocycles. The van der Waals surface area contributed by atoms with Crippen molar-refractivity contribution < 1.29 is 13.7 Å². The first-order valence-electron chi connectivity index (χ1n) is 7.45. The fourth-order valence-electron chi connectivity index (χ4n) is 2.29. The molecule has 6 heteroatoms. The Kier molecular flexibility index (Phi) is 5.66. The van der Waals surface area contributed by atoms with Gasteiger partial charge >= 0.3 is 0 Å². The normalized spacial score (nSPS) is 20.4. The number of rotatable bonds is 5. The molecular weight excluding hydrogens is 305 g/mol. The van der Waals surface area contributed by atoms with E-state index in [1.54, 1.807) is 0 Å². The molecule has 1 aliphatic heterocycles. The van der Waals surface area contributed by atoms with Crippen molar-refractivity contribution in [1.29, 1.82) is 0 Å². The van der Waals surface area contributed by atoms with E-state index in [-0.39, 0.29) is 5.16 Å². The van der Waals surface area contributed by atoms with Gasteiger partial charge in [0.1, 0.15) is 12.0 Å². The molecule has 21 heavy (non-hydrogen) atoms. The lowest BCUT2D eigenvalue weighted by molar-refractivity contribution is 0.0328. The van der Waals surface area contributed by atoms with Gasteiger partial charge in [0.25, 0.3) is 0 Å². The third-order valence-corrected chi connectivity index (χ3v) is 9.32. The van der Waals surface area contributed by atoms with Crippen molar-refractivity contribution in [3.63, 3.8) is 0 Å². The van der Waals surface area contributed by atoms with Crippen molar-refractivity contribution >= 4 is 23.6 Å². The van der Waals surface area contributed by atoms with Crippen LogP contribution in [0.3, 0.4) is 0 Å². The molecule has 1 aromatic heterocycles. The van der Waals surface area contributed by atoms with Crippen LogP contribution in [0.4, 0.5) is 0 Å². The van der Waals surface area contributed by atoms with Crippen molar-refractivity contribution in [3.05, 3.63) is 17.9 Å². The summed E-state index contributed by atoms with van der Waals surface area (Å²) in [6.45, 7) is 13.5. The maximum absolute atomic E-state index is 6.25. The molecule has 0 radical (unpaired) electrons. The van der Waals surface area contributed by atoms with Gasteiger partial charge in [-0.25, -0.2) is 0 Å². The summed E-state index contributed by atoms with van der Waals surface area (Å²) < 4.78 is 17.4. The smallest absolute Gasteiger partial charge is 0.161 e. The summed E-state index contributed by atoms with van der Waals surface area (Å²) in [5.41, 5.74) is 0.837. The van der Waals surface area contributed by atoms with Crippen molar-refractivity contribution in [1.82, 2.24) is 4.90 Å². The highest BCUT2D eigenvalue weighted by molar-refractivity contribution is 8.16. The third kappa shape index (κ3) is 4.17. The maximum Gasteiger partial charge on any atom is 0.161 e. The van der Waals surface area contributed by atoms with E-state index >= 15 is 0 Å². The van der Waals surface area contributed by atoms with E-state index in [0.29, 0.717) is 6.61 Å². The topological polar surface area (TPSA) is 34.8 Å². The van der Waals surface area contributed by atoms with Gasteiger partial charge in [-0.2, -0.15) is 0 Å². The molecule has 0 bridgehead atoms. The first-order chi connectivity index (χ1) is 9.83. The average Bonchev–Trinajstić information content (AvgIpc) is 2.85. The van der Waals surface area contributed by atoms with E-state index in [4.69, 9.17) is 25.5 Å². The Labute approximate surface area is 132 Å². The summed E-state index contributed by atoms with van der Waals surface area (Å²) in [4.78, 5) is 2.36. The molecule has 0 spiro atoms. The Morgan fingerprint density at radius 1 is 1.29 bits per heavy atom. The zero-order chi connectivity index (χ0) is 15.5. The van der Waals surface area contributed by atoms with Gasteiger partial charge < -0.3 is 13.7 Å². The van der Waals surface area contributed by atoms with E-state index in [1.165, 1.54) is 0 Å². The Morgan fingerprint density at radius 2 is 1.95 bits per heavy atom. The van der Waals surface area contributed by atoms with Crippen LogP contribution in [0.15, 0.2) is 16.5 Å². The predicted octanol–water partition coefficient (Wildman–Crippen LogP) is 2.76. The van der Waals surface area contributed by atoms with Gasteiger partial charge in [-0.3, -0.25) is 4.90 Å². The summed E-state index contributed by atoms with van der Waals surface area (Å²) in [5.74, 6) is 0.889. The predicted molar refractivity (Wildman–Crippen MR) is 90.3 cm³/mol. The van der Waals surface area contributed by atoms with Gasteiger partial charge in [0, 0.05) is 24.8 Å². The largest absolute Gasteiger partial charge is 0.459 e. The monoisotopic (exact) mass is 331 g/mol. The van der Waals surface area contributed by atoms with Gasteiger partial charge in [-0.05, 0) is 19.1 Å². The minimum absolute atomic E-state index is 0.113. The molecule has 1 saturated heterocycles. The zero-order valence-corrected chi connectivity index (χ0v) is 15.1. The highest BCUT2D eigenvalue weighted by Crippen LogP contribution is 2.58. The summed E-state index contributed by atoms with van der Waals surface area (Å²) >= 11 is 5.94. The molecule has 1 fully saturated rings. The van der Waals surface area contributed by atoms with Crippen LogP contribution in [0.5, 0.6) is 0 Å². The number of aryl methyl sites for hydroxylation is 1. The van der Waals surface area contributed by atoms with E-state index in [9.17, 15) is 0 Å². The van der Waals surface area contributed by atoms with E-state index in [2.05, 4.69) is 25.7 Å². The standard InChI is InChI=1S/C15H26NO3PS/c1-13-5-6-14(19-13)20(21,15(2,3)4)18-12-9-16-7-10-17-11-8-16/h5-6H,7-12H2,1-4H3/t20-/m0/s1. The van der Waals surface area contributed by atoms with Crippen LogP contribution in [0.25, 0.3) is 0 Å². The lowest BCUT2D eigenvalue weighted by Crippen LogP contribution is -2.38. The van der Waals surface area contributed by atoms with E-state index in [1.807, 2.05) is 19.1 Å². The number of morpholine rings is 1. The first kappa shape index (κ1) is 17.2. The van der Waals surface area contributed by atoms with Gasteiger partial charge in [0.05, 0.1) is 19.8 Å². The third-order valence-electron chi connectivity index (χ3n) is 3.68. The Balaban J connectivity index is 2.02. The lowest BCUT2D eigenvalue weighted by atomic mass is 10.3. The molecule has 0 unspecified atom stereocenters. The zero-order valence-electron chi connectivity index (χ0n) is 13.4. The molecule has 1 atom stereocenters. The van der Waals surface area contributed by atoms with Gasteiger partial charge in [0.2, 0.25) is 0 Å². The summed E-state index contributed by atoms with van der Waals surface area (Å²) in [7, 11) is 0. The van der Waals surface area contributed by atoms with Crippen LogP contribution in [-0.2, 0) is 21.1 Å². The molecule has 120 valence electrons. The highest BCUT2D eigenvalue weighted by atomic mass is 32.4. The fraction of sp³-hybridized carbons (Fsp3) is 0.733. The minimum Gasteiger partial charge on any atom is -0.459 e. The van der Waals surface area contributed by atoms with Crippen molar-refractivity contribution in [2.45, 2.75) is 32.9 Å². The van der Waals surface area contributed by atoms with E-state index < -0.39 is 6.26 Å². The van der Waals surface area contributed by atoms with Gasteiger partial charge in [-0.15, -0.1) is 0 Å². The minimum atomic E-state index is -2.19. The second kappa shape index (κ2) is 6.93. The van der Waals surface area contributed by atoms with Crippen molar-refractivity contribution in [3.8, 4) is 0 Å². The maximum atomic E-state index is 6.25.